The summed E-state index contributed by atoms with van der Waals surface area (Å²) in [6, 6.07) is 9.02. The monoisotopic (exact) mass is 1050 g/mol. The van der Waals surface area contributed by atoms with Crippen LogP contribution >= 0.6 is 0 Å². The van der Waals surface area contributed by atoms with Gasteiger partial charge in [0.2, 0.25) is 17.7 Å². The topological polar surface area (TPSA) is 250 Å². The quantitative estimate of drug-likeness (QED) is 0.0802. The number of hydrogen-bond donors (Lipinski definition) is 5. The van der Waals surface area contributed by atoms with Crippen LogP contribution in [0.2, 0.25) is 0 Å². The highest BCUT2D eigenvalue weighted by molar-refractivity contribution is 7.92. The van der Waals surface area contributed by atoms with Gasteiger partial charge in [-0.2, -0.15) is 5.10 Å². The number of piperazine rings is 1. The fourth-order valence-corrected chi connectivity index (χ4v) is 12.1. The molecular formula is C54H71N13O7S. The first-order chi connectivity index (χ1) is 36.0. The van der Waals surface area contributed by atoms with Crippen LogP contribution in [0.15, 0.2) is 60.0 Å². The van der Waals surface area contributed by atoms with Crippen molar-refractivity contribution in [3.63, 3.8) is 0 Å². The van der Waals surface area contributed by atoms with Crippen molar-refractivity contribution in [2.45, 2.75) is 140 Å². The molecule has 9 rings (SSSR count). The van der Waals surface area contributed by atoms with Crippen LogP contribution in [0, 0.1) is 19.8 Å². The number of anilines is 3. The number of nitrogens with zero attached hydrogens (tertiary/aromatic N) is 8. The lowest BCUT2D eigenvalue weighted by Gasteiger charge is -2.35. The molecule has 75 heavy (non-hydrogen) atoms. The summed E-state index contributed by atoms with van der Waals surface area (Å²) in [5, 5.41) is 20.4. The molecule has 1 saturated carbocycles. The summed E-state index contributed by atoms with van der Waals surface area (Å²) in [5.41, 5.74) is 4.73. The molecule has 0 bridgehead atoms. The number of aromatic amines is 1. The molecule has 0 spiro atoms. The predicted octanol–water partition coefficient (Wildman–Crippen LogP) is 5.64. The van der Waals surface area contributed by atoms with Crippen molar-refractivity contribution in [3.05, 3.63) is 83.2 Å². The van der Waals surface area contributed by atoms with Gasteiger partial charge < -0.3 is 35.8 Å². The third-order valence-corrected chi connectivity index (χ3v) is 18.0. The summed E-state index contributed by atoms with van der Waals surface area (Å²) in [4.78, 5) is 79.7. The molecular weight excluding hydrogens is 975 g/mol. The van der Waals surface area contributed by atoms with Gasteiger partial charge in [0.1, 0.15) is 53.0 Å². The Hall–Kier alpha value is -6.74. The van der Waals surface area contributed by atoms with Crippen molar-refractivity contribution >= 4 is 61.8 Å². The Morgan fingerprint density at radius 2 is 1.67 bits per heavy atom. The predicted molar refractivity (Wildman–Crippen MR) is 284 cm³/mol. The zero-order chi connectivity index (χ0) is 53.0. The number of carbonyl (C=O) groups is 4. The highest BCUT2D eigenvalue weighted by Crippen LogP contribution is 2.38. The van der Waals surface area contributed by atoms with Gasteiger partial charge in [-0.25, -0.2) is 28.4 Å². The lowest BCUT2D eigenvalue weighted by atomic mass is 9.83. The fourth-order valence-electron chi connectivity index (χ4n) is 10.8. The number of H-pyrrole nitrogens is 1. The van der Waals surface area contributed by atoms with E-state index in [2.05, 4.69) is 67.3 Å². The zero-order valence-corrected chi connectivity index (χ0v) is 44.8. The van der Waals surface area contributed by atoms with Gasteiger partial charge in [-0.15, -0.1) is 0 Å². The molecule has 0 unspecified atom stereocenters. The van der Waals surface area contributed by atoms with E-state index in [1.165, 1.54) is 18.1 Å². The Bertz CT molecular complexity index is 3000. The van der Waals surface area contributed by atoms with Crippen molar-refractivity contribution in [2.24, 2.45) is 5.92 Å². The van der Waals surface area contributed by atoms with Gasteiger partial charge in [-0.05, 0) is 96.3 Å². The average molecular weight is 1050 g/mol. The number of sulfone groups is 1. The molecule has 21 heteroatoms. The normalized spacial score (nSPS) is 20.1. The SMILES string of the molecule is CCC(=O)N[C@H](C(=O)N1C[C@@H](NC(=O)c2cnc(N3CCN(CCOc4cc5ncnc(Nc6n[nH]c(C)c6C)c5cc4S(=O)(=O)C(C)(C)C)CC3)cn2)C[C@H]1C(=O)N[C@@H]1CCCc2ccccc21)C1CCCCC1. The van der Waals surface area contributed by atoms with Crippen molar-refractivity contribution in [1.29, 1.82) is 0 Å². The minimum Gasteiger partial charge on any atom is -0.491 e. The Balaban J connectivity index is 0.823. The van der Waals surface area contributed by atoms with Gasteiger partial charge in [0.05, 0.1) is 28.7 Å². The maximum absolute atomic E-state index is 14.7. The molecule has 5 N–H and O–H groups in total. The minimum absolute atomic E-state index is 0.0383. The van der Waals surface area contributed by atoms with Gasteiger partial charge >= 0.3 is 0 Å². The van der Waals surface area contributed by atoms with Crippen LogP contribution in [0.4, 0.5) is 17.5 Å². The Morgan fingerprint density at radius 3 is 2.37 bits per heavy atom. The summed E-state index contributed by atoms with van der Waals surface area (Å²) < 4.78 is 33.2. The van der Waals surface area contributed by atoms with Crippen molar-refractivity contribution in [3.8, 4) is 5.75 Å². The molecule has 3 aromatic heterocycles. The second kappa shape index (κ2) is 22.6. The van der Waals surface area contributed by atoms with E-state index in [0.717, 1.165) is 68.2 Å². The smallest absolute Gasteiger partial charge is 0.271 e. The molecule has 4 amide bonds. The van der Waals surface area contributed by atoms with Gasteiger partial charge in [0.15, 0.2) is 15.7 Å². The van der Waals surface area contributed by atoms with E-state index in [0.29, 0.717) is 61.1 Å². The summed E-state index contributed by atoms with van der Waals surface area (Å²) in [5.74, 6) is 0.570. The number of nitrogens with one attached hydrogen (secondary N) is 5. The first kappa shape index (κ1) is 53.1. The van der Waals surface area contributed by atoms with Crippen LogP contribution in [0.3, 0.4) is 0 Å². The molecule has 0 radical (unpaired) electrons. The number of hydrogen-bond acceptors (Lipinski definition) is 15. The number of ether oxygens (including phenoxy) is 1. The first-order valence-electron chi connectivity index (χ1n) is 26.5. The number of likely N-dealkylation sites (tertiary alicyclic amines) is 1. The average Bonchev–Trinajstić information content (AvgIpc) is 3.98. The third-order valence-electron chi connectivity index (χ3n) is 15.5. The Kier molecular flexibility index (Phi) is 16.0. The van der Waals surface area contributed by atoms with E-state index in [1.807, 2.05) is 32.0 Å². The summed E-state index contributed by atoms with van der Waals surface area (Å²) in [7, 11) is -3.86. The van der Waals surface area contributed by atoms with Crippen molar-refractivity contribution in [2.75, 3.05) is 56.1 Å². The molecule has 4 aliphatic rings. The molecule has 400 valence electrons. The molecule has 2 aromatic carbocycles. The lowest BCUT2D eigenvalue weighted by molar-refractivity contribution is -0.143. The van der Waals surface area contributed by atoms with Gasteiger partial charge in [-0.3, -0.25) is 29.2 Å². The van der Waals surface area contributed by atoms with Gasteiger partial charge in [0, 0.05) is 74.4 Å². The Labute approximate surface area is 438 Å². The Morgan fingerprint density at radius 1 is 0.893 bits per heavy atom. The summed E-state index contributed by atoms with van der Waals surface area (Å²) in [6.45, 7) is 14.1. The van der Waals surface area contributed by atoms with E-state index in [4.69, 9.17) is 4.74 Å². The molecule has 20 nitrogen and oxygen atoms in total. The number of aryl methyl sites for hydroxylation is 2. The van der Waals surface area contributed by atoms with E-state index in [1.54, 1.807) is 50.9 Å². The number of aromatic nitrogens is 6. The van der Waals surface area contributed by atoms with Crippen LogP contribution in [-0.4, -0.2) is 141 Å². The van der Waals surface area contributed by atoms with Crippen LogP contribution < -0.4 is 30.9 Å². The molecule has 2 aliphatic heterocycles. The molecule has 2 aliphatic carbocycles. The summed E-state index contributed by atoms with van der Waals surface area (Å²) >= 11 is 0. The molecule has 2 saturated heterocycles. The maximum atomic E-state index is 14.7. The second-order valence-corrected chi connectivity index (χ2v) is 24.1. The number of rotatable bonds is 16. The van der Waals surface area contributed by atoms with E-state index < -0.39 is 38.6 Å². The van der Waals surface area contributed by atoms with E-state index >= 15 is 0 Å². The van der Waals surface area contributed by atoms with Crippen LogP contribution in [-0.2, 0) is 30.6 Å². The fraction of sp³-hybridized carbons (Fsp3) is 0.537. The number of fused-ring (bicyclic) bond motifs is 2. The van der Waals surface area contributed by atoms with Crippen LogP contribution in [0.25, 0.3) is 10.9 Å². The molecule has 4 atom stereocenters. The summed E-state index contributed by atoms with van der Waals surface area (Å²) in [6.07, 6.45) is 12.2. The van der Waals surface area contributed by atoms with Crippen LogP contribution in [0.1, 0.15) is 124 Å². The van der Waals surface area contributed by atoms with Crippen molar-refractivity contribution < 1.29 is 32.3 Å². The van der Waals surface area contributed by atoms with Crippen LogP contribution in [0.5, 0.6) is 5.75 Å². The molecule has 3 fully saturated rings. The first-order valence-corrected chi connectivity index (χ1v) is 28.0. The van der Waals surface area contributed by atoms with Crippen molar-refractivity contribution in [1.82, 2.24) is 55.9 Å². The lowest BCUT2D eigenvalue weighted by Crippen LogP contribution is -2.56. The highest BCUT2D eigenvalue weighted by Gasteiger charge is 2.45. The second-order valence-electron chi connectivity index (χ2n) is 21.4. The largest absolute Gasteiger partial charge is 0.491 e. The number of benzene rings is 2. The van der Waals surface area contributed by atoms with Gasteiger partial charge in [-0.1, -0.05) is 50.5 Å². The zero-order valence-electron chi connectivity index (χ0n) is 43.9. The maximum Gasteiger partial charge on any atom is 0.271 e. The highest BCUT2D eigenvalue weighted by atomic mass is 32.2. The van der Waals surface area contributed by atoms with Gasteiger partial charge in [0.25, 0.3) is 5.91 Å². The van der Waals surface area contributed by atoms with E-state index in [9.17, 15) is 27.6 Å². The molecule has 5 aromatic rings. The van der Waals surface area contributed by atoms with E-state index in [-0.39, 0.29) is 72.0 Å². The third kappa shape index (κ3) is 11.7. The molecule has 5 heterocycles. The number of carbonyl (C=O) groups excluding carboxylic acids is 4. The minimum atomic E-state index is -3.86. The standard InChI is InChI=1S/C54H71N13O7S/c1-7-47(68)61-48(36-15-9-8-10-16-36)53(71)67-31-37(26-43(67)52(70)60-40-19-13-17-35-14-11-12-18-38(35)40)59-51(69)42-29-56-46(30-55-42)66-22-20-65(21-23-66)24-25-74-44-28-41-39(27-45(44)75(72,73)54(4,5)6)50(58-32-57-41)62-49-33(2)34(3)63-64-49/h11-12,14,18,27-30,32,36-37,40,43,48H,7-10,13,15-17,19-26,31H2,1-6H3,(H,59,69)(H,60,70)(H,61,68)(H2,57,58,62,63,64)/t37-,40+,43-,48-/m0/s1. The number of amides is 4.